The summed E-state index contributed by atoms with van der Waals surface area (Å²) >= 11 is 0. The number of alkyl halides is 2. The fourth-order valence-corrected chi connectivity index (χ4v) is 0.732. The topological polar surface area (TPSA) is 75.1 Å². The average Bonchev–Trinajstić information content (AvgIpc) is 2.13. The third kappa shape index (κ3) is 6.19. The standard InChI is InChI=1S/C7H11F2N3O2/c1-2-14-6(13)3-4-7(8,9)5-11-12-10/h2-5H2,1H3. The summed E-state index contributed by atoms with van der Waals surface area (Å²) in [6.45, 7) is 0.833. The first-order valence-corrected chi connectivity index (χ1v) is 4.06. The van der Waals surface area contributed by atoms with Gasteiger partial charge in [0.25, 0.3) is 5.92 Å². The normalized spacial score (nSPS) is 10.5. The van der Waals surface area contributed by atoms with Gasteiger partial charge in [-0.15, -0.1) is 0 Å². The number of carbonyl (C=O) groups is 1. The van der Waals surface area contributed by atoms with Gasteiger partial charge in [0.1, 0.15) is 0 Å². The van der Waals surface area contributed by atoms with Gasteiger partial charge < -0.3 is 4.74 Å². The Morgan fingerprint density at radius 1 is 1.64 bits per heavy atom. The lowest BCUT2D eigenvalue weighted by Crippen LogP contribution is -2.21. The van der Waals surface area contributed by atoms with Crippen LogP contribution < -0.4 is 0 Å². The van der Waals surface area contributed by atoms with Crippen LogP contribution in [0.5, 0.6) is 0 Å². The van der Waals surface area contributed by atoms with Crippen molar-refractivity contribution in [2.45, 2.75) is 25.7 Å². The van der Waals surface area contributed by atoms with Gasteiger partial charge in [0.2, 0.25) is 0 Å². The predicted molar refractivity (Wildman–Crippen MR) is 44.8 cm³/mol. The molecular weight excluding hydrogens is 196 g/mol. The molecule has 0 aromatic heterocycles. The van der Waals surface area contributed by atoms with Gasteiger partial charge in [0, 0.05) is 11.3 Å². The van der Waals surface area contributed by atoms with E-state index in [-0.39, 0.29) is 13.0 Å². The van der Waals surface area contributed by atoms with E-state index in [2.05, 4.69) is 14.8 Å². The van der Waals surface area contributed by atoms with Gasteiger partial charge in [0.05, 0.1) is 19.6 Å². The lowest BCUT2D eigenvalue weighted by Gasteiger charge is -2.12. The molecule has 0 aromatic carbocycles. The molecule has 0 spiro atoms. The zero-order valence-electron chi connectivity index (χ0n) is 7.74. The molecule has 0 rings (SSSR count). The fraction of sp³-hybridized carbons (Fsp3) is 0.857. The summed E-state index contributed by atoms with van der Waals surface area (Å²) in [5, 5.41) is 2.75. The van der Waals surface area contributed by atoms with Gasteiger partial charge in [-0.3, -0.25) is 4.79 Å². The molecule has 0 aliphatic heterocycles. The Kier molecular flexibility index (Phi) is 5.55. The van der Waals surface area contributed by atoms with Gasteiger partial charge >= 0.3 is 5.97 Å². The lowest BCUT2D eigenvalue weighted by molar-refractivity contribution is -0.145. The van der Waals surface area contributed by atoms with Gasteiger partial charge in [-0.25, -0.2) is 8.78 Å². The molecule has 0 saturated heterocycles. The molecule has 7 heteroatoms. The van der Waals surface area contributed by atoms with Crippen LogP contribution in [0.15, 0.2) is 5.11 Å². The molecule has 0 saturated carbocycles. The minimum atomic E-state index is -3.14. The summed E-state index contributed by atoms with van der Waals surface area (Å²) in [5.41, 5.74) is 7.82. The van der Waals surface area contributed by atoms with E-state index in [4.69, 9.17) is 5.53 Å². The van der Waals surface area contributed by atoms with E-state index in [9.17, 15) is 13.6 Å². The number of nitrogens with zero attached hydrogens (tertiary/aromatic N) is 3. The molecule has 0 fully saturated rings. The Morgan fingerprint density at radius 3 is 2.79 bits per heavy atom. The number of rotatable bonds is 6. The smallest absolute Gasteiger partial charge is 0.305 e. The van der Waals surface area contributed by atoms with Crippen LogP contribution in [0.1, 0.15) is 19.8 Å². The minimum absolute atomic E-state index is 0.167. The SMILES string of the molecule is CCOC(=O)CCC(F)(F)CN=[N+]=[N-]. The van der Waals surface area contributed by atoms with Crippen molar-refractivity contribution in [2.24, 2.45) is 5.11 Å². The molecule has 80 valence electrons. The number of hydrogen-bond donors (Lipinski definition) is 0. The van der Waals surface area contributed by atoms with Crippen molar-refractivity contribution in [3.05, 3.63) is 10.4 Å². The Morgan fingerprint density at radius 2 is 2.29 bits per heavy atom. The van der Waals surface area contributed by atoms with Crippen LogP contribution in [-0.2, 0) is 9.53 Å². The quantitative estimate of drug-likeness (QED) is 0.290. The number of carbonyl (C=O) groups excluding carboxylic acids is 1. The molecule has 14 heavy (non-hydrogen) atoms. The van der Waals surface area contributed by atoms with Crippen LogP contribution in [0.25, 0.3) is 10.4 Å². The van der Waals surface area contributed by atoms with Crippen molar-refractivity contribution < 1.29 is 18.3 Å². The average molecular weight is 207 g/mol. The second kappa shape index (κ2) is 6.15. The number of ether oxygens (including phenoxy) is 1. The zero-order valence-corrected chi connectivity index (χ0v) is 7.74. The largest absolute Gasteiger partial charge is 0.466 e. The van der Waals surface area contributed by atoms with Crippen LogP contribution >= 0.6 is 0 Å². The Balaban J connectivity index is 3.85. The molecule has 0 bridgehead atoms. The van der Waals surface area contributed by atoms with Crippen LogP contribution in [0.3, 0.4) is 0 Å². The molecule has 0 heterocycles. The Labute approximate surface area is 79.7 Å². The monoisotopic (exact) mass is 207 g/mol. The summed E-state index contributed by atoms with van der Waals surface area (Å²) in [6.07, 6.45) is -1.04. The molecule has 0 aliphatic carbocycles. The van der Waals surface area contributed by atoms with E-state index in [0.717, 1.165) is 0 Å². The summed E-state index contributed by atoms with van der Waals surface area (Å²) in [4.78, 5) is 12.9. The highest BCUT2D eigenvalue weighted by molar-refractivity contribution is 5.69. The first-order valence-electron chi connectivity index (χ1n) is 4.06. The van der Waals surface area contributed by atoms with E-state index in [0.29, 0.717) is 0 Å². The van der Waals surface area contributed by atoms with Crippen molar-refractivity contribution in [1.82, 2.24) is 0 Å². The molecule has 5 nitrogen and oxygen atoms in total. The van der Waals surface area contributed by atoms with Crippen LogP contribution in [0.2, 0.25) is 0 Å². The summed E-state index contributed by atoms with van der Waals surface area (Å²) < 4.78 is 29.9. The van der Waals surface area contributed by atoms with Gasteiger partial charge in [-0.05, 0) is 12.5 Å². The van der Waals surface area contributed by atoms with E-state index in [1.807, 2.05) is 0 Å². The predicted octanol–water partition coefficient (Wildman–Crippen LogP) is 2.28. The third-order valence-electron chi connectivity index (χ3n) is 1.37. The second-order valence-electron chi connectivity index (χ2n) is 2.55. The summed E-state index contributed by atoms with van der Waals surface area (Å²) in [5.74, 6) is -3.81. The van der Waals surface area contributed by atoms with Crippen molar-refractivity contribution >= 4 is 5.97 Å². The maximum Gasteiger partial charge on any atom is 0.305 e. The van der Waals surface area contributed by atoms with Crippen molar-refractivity contribution in [3.8, 4) is 0 Å². The highest BCUT2D eigenvalue weighted by Gasteiger charge is 2.28. The summed E-state index contributed by atoms with van der Waals surface area (Å²) in [7, 11) is 0. The van der Waals surface area contributed by atoms with E-state index < -0.39 is 24.9 Å². The van der Waals surface area contributed by atoms with Crippen LogP contribution in [0.4, 0.5) is 8.78 Å². The molecule has 0 radical (unpaired) electrons. The van der Waals surface area contributed by atoms with Gasteiger partial charge in [-0.2, -0.15) is 0 Å². The Bertz CT molecular complexity index is 239. The number of azide groups is 1. The third-order valence-corrected chi connectivity index (χ3v) is 1.37. The lowest BCUT2D eigenvalue weighted by atomic mass is 10.2. The van der Waals surface area contributed by atoms with Crippen LogP contribution in [0, 0.1) is 0 Å². The van der Waals surface area contributed by atoms with E-state index in [1.54, 1.807) is 6.92 Å². The number of halogens is 2. The first-order chi connectivity index (χ1) is 6.52. The Hall–Kier alpha value is -1.36. The highest BCUT2D eigenvalue weighted by Crippen LogP contribution is 2.20. The fourth-order valence-electron chi connectivity index (χ4n) is 0.732. The molecule has 0 N–H and O–H groups in total. The maximum atomic E-state index is 12.7. The van der Waals surface area contributed by atoms with E-state index >= 15 is 0 Å². The van der Waals surface area contributed by atoms with Crippen LogP contribution in [-0.4, -0.2) is 25.0 Å². The maximum absolute atomic E-state index is 12.7. The molecule has 0 unspecified atom stereocenters. The molecule has 0 atom stereocenters. The van der Waals surface area contributed by atoms with Crippen molar-refractivity contribution in [2.75, 3.05) is 13.2 Å². The number of hydrogen-bond acceptors (Lipinski definition) is 3. The molecule has 0 aliphatic rings. The second-order valence-corrected chi connectivity index (χ2v) is 2.55. The highest BCUT2D eigenvalue weighted by atomic mass is 19.3. The molecule has 0 amide bonds. The summed E-state index contributed by atoms with van der Waals surface area (Å²) in [6, 6.07) is 0. The number of esters is 1. The molecular formula is C7H11F2N3O2. The first kappa shape index (κ1) is 12.6. The van der Waals surface area contributed by atoms with E-state index in [1.165, 1.54) is 0 Å². The zero-order chi connectivity index (χ0) is 11.0. The van der Waals surface area contributed by atoms with Crippen molar-refractivity contribution in [3.63, 3.8) is 0 Å². The molecule has 0 aromatic rings. The van der Waals surface area contributed by atoms with Gasteiger partial charge in [0.15, 0.2) is 0 Å². The minimum Gasteiger partial charge on any atom is -0.466 e. The van der Waals surface area contributed by atoms with Gasteiger partial charge in [-0.1, -0.05) is 5.11 Å². The van der Waals surface area contributed by atoms with Crippen molar-refractivity contribution in [1.29, 1.82) is 0 Å².